The van der Waals surface area contributed by atoms with E-state index in [0.717, 1.165) is 11.3 Å². The third-order valence-corrected chi connectivity index (χ3v) is 3.24. The molecule has 2 aromatic rings. The fourth-order valence-electron chi connectivity index (χ4n) is 2.20. The Morgan fingerprint density at radius 2 is 1.85 bits per heavy atom. The third kappa shape index (κ3) is 2.16. The Kier molecular flexibility index (Phi) is 2.99. The van der Waals surface area contributed by atoms with Gasteiger partial charge in [0.2, 0.25) is 0 Å². The zero-order chi connectivity index (χ0) is 14.1. The molecular weight excluding hydrogens is 256 g/mol. The molecule has 1 aliphatic rings. The smallest absolute Gasteiger partial charge is 0.142 e. The van der Waals surface area contributed by atoms with Crippen molar-refractivity contribution in [3.8, 4) is 23.0 Å². The van der Waals surface area contributed by atoms with Crippen molar-refractivity contribution in [2.45, 2.75) is 6.10 Å². The van der Waals surface area contributed by atoms with E-state index in [4.69, 9.17) is 9.47 Å². The van der Waals surface area contributed by atoms with Crippen LogP contribution in [0.3, 0.4) is 0 Å². The standard InChI is InChI=1S/C16H14O4/c1-19-12-4-2-10(3-5-12)15-7-6-13-14(18)8-11(17)9-16(13)20-15/h2-9,15,17-18H,1H3/t15-/m1/s1. The molecule has 1 heterocycles. The molecule has 0 fully saturated rings. The molecule has 3 rings (SSSR count). The molecule has 0 saturated heterocycles. The molecule has 0 radical (unpaired) electrons. The van der Waals surface area contributed by atoms with Gasteiger partial charge in [-0.25, -0.2) is 0 Å². The van der Waals surface area contributed by atoms with Crippen molar-refractivity contribution in [2.75, 3.05) is 7.11 Å². The number of hydrogen-bond donors (Lipinski definition) is 2. The van der Waals surface area contributed by atoms with Gasteiger partial charge in [-0.05, 0) is 29.8 Å². The highest BCUT2D eigenvalue weighted by molar-refractivity contribution is 5.68. The van der Waals surface area contributed by atoms with E-state index in [-0.39, 0.29) is 17.6 Å². The number of hydrogen-bond acceptors (Lipinski definition) is 4. The van der Waals surface area contributed by atoms with Crippen molar-refractivity contribution in [3.05, 3.63) is 53.6 Å². The first-order valence-corrected chi connectivity index (χ1v) is 6.22. The van der Waals surface area contributed by atoms with Crippen molar-refractivity contribution in [2.24, 2.45) is 0 Å². The van der Waals surface area contributed by atoms with E-state index < -0.39 is 0 Å². The predicted octanol–water partition coefficient (Wildman–Crippen LogP) is 3.25. The highest BCUT2D eigenvalue weighted by Gasteiger charge is 2.19. The molecular formula is C16H14O4. The maximum absolute atomic E-state index is 9.75. The van der Waals surface area contributed by atoms with Crippen LogP contribution in [0.25, 0.3) is 6.08 Å². The van der Waals surface area contributed by atoms with E-state index in [1.807, 2.05) is 30.3 Å². The lowest BCUT2D eigenvalue weighted by atomic mass is 10.0. The van der Waals surface area contributed by atoms with Gasteiger partial charge < -0.3 is 19.7 Å². The van der Waals surface area contributed by atoms with E-state index in [2.05, 4.69) is 0 Å². The molecule has 0 saturated carbocycles. The van der Waals surface area contributed by atoms with Gasteiger partial charge in [-0.2, -0.15) is 0 Å². The number of fused-ring (bicyclic) bond motifs is 1. The minimum absolute atomic E-state index is 0.00410. The molecule has 0 aromatic heterocycles. The Labute approximate surface area is 116 Å². The maximum atomic E-state index is 9.75. The molecule has 0 amide bonds. The number of rotatable bonds is 2. The fraction of sp³-hybridized carbons (Fsp3) is 0.125. The normalized spacial score (nSPS) is 16.4. The molecule has 0 spiro atoms. The van der Waals surface area contributed by atoms with E-state index in [1.165, 1.54) is 12.1 Å². The molecule has 0 bridgehead atoms. The highest BCUT2D eigenvalue weighted by Crippen LogP contribution is 2.40. The Bertz CT molecular complexity index is 659. The summed E-state index contributed by atoms with van der Waals surface area (Å²) >= 11 is 0. The first kappa shape index (κ1) is 12.4. The summed E-state index contributed by atoms with van der Waals surface area (Å²) < 4.78 is 10.9. The molecule has 1 atom stereocenters. The quantitative estimate of drug-likeness (QED) is 0.879. The van der Waals surface area contributed by atoms with Gasteiger partial charge in [-0.1, -0.05) is 12.1 Å². The van der Waals surface area contributed by atoms with Crippen LogP contribution in [-0.4, -0.2) is 17.3 Å². The van der Waals surface area contributed by atoms with Crippen molar-refractivity contribution < 1.29 is 19.7 Å². The SMILES string of the molecule is COc1ccc([C@H]2C=Cc3c(O)cc(O)cc3O2)cc1. The van der Waals surface area contributed by atoms with Gasteiger partial charge in [-0.3, -0.25) is 0 Å². The van der Waals surface area contributed by atoms with Crippen LogP contribution in [0, 0.1) is 0 Å². The summed E-state index contributed by atoms with van der Waals surface area (Å²) in [5.74, 6) is 1.23. The van der Waals surface area contributed by atoms with Crippen molar-refractivity contribution in [1.82, 2.24) is 0 Å². The summed E-state index contributed by atoms with van der Waals surface area (Å²) in [7, 11) is 1.62. The average Bonchev–Trinajstić information content (AvgIpc) is 2.46. The topological polar surface area (TPSA) is 58.9 Å². The lowest BCUT2D eigenvalue weighted by Gasteiger charge is -2.22. The van der Waals surface area contributed by atoms with Gasteiger partial charge in [0.15, 0.2) is 0 Å². The summed E-state index contributed by atoms with van der Waals surface area (Å²) in [5, 5.41) is 19.3. The zero-order valence-corrected chi connectivity index (χ0v) is 10.9. The first-order chi connectivity index (χ1) is 9.67. The number of ether oxygens (including phenoxy) is 2. The highest BCUT2D eigenvalue weighted by atomic mass is 16.5. The minimum Gasteiger partial charge on any atom is -0.508 e. The average molecular weight is 270 g/mol. The second-order valence-electron chi connectivity index (χ2n) is 4.55. The number of aromatic hydroxyl groups is 2. The predicted molar refractivity (Wildman–Crippen MR) is 75.2 cm³/mol. The number of benzene rings is 2. The van der Waals surface area contributed by atoms with Gasteiger partial charge in [0.05, 0.1) is 12.7 Å². The largest absolute Gasteiger partial charge is 0.508 e. The maximum Gasteiger partial charge on any atom is 0.142 e. The summed E-state index contributed by atoms with van der Waals surface area (Å²) in [6.07, 6.45) is 3.40. The van der Waals surface area contributed by atoms with Crippen LogP contribution in [0.4, 0.5) is 0 Å². The molecule has 2 N–H and O–H groups in total. The summed E-state index contributed by atoms with van der Waals surface area (Å²) in [6.45, 7) is 0. The van der Waals surface area contributed by atoms with Crippen molar-refractivity contribution >= 4 is 6.08 Å². The first-order valence-electron chi connectivity index (χ1n) is 6.22. The Hall–Kier alpha value is -2.62. The lowest BCUT2D eigenvalue weighted by Crippen LogP contribution is -2.08. The molecule has 0 aliphatic carbocycles. The Balaban J connectivity index is 1.92. The zero-order valence-electron chi connectivity index (χ0n) is 10.9. The second kappa shape index (κ2) is 4.81. The monoisotopic (exact) mass is 270 g/mol. The van der Waals surface area contributed by atoms with Gasteiger partial charge in [0.25, 0.3) is 0 Å². The summed E-state index contributed by atoms with van der Waals surface area (Å²) in [6, 6.07) is 10.3. The molecule has 102 valence electrons. The van der Waals surface area contributed by atoms with Crippen LogP contribution in [0.5, 0.6) is 23.0 Å². The Morgan fingerprint density at radius 1 is 1.10 bits per heavy atom. The van der Waals surface area contributed by atoms with E-state index in [1.54, 1.807) is 13.2 Å². The fourth-order valence-corrected chi connectivity index (χ4v) is 2.20. The van der Waals surface area contributed by atoms with Crippen molar-refractivity contribution in [1.29, 1.82) is 0 Å². The number of phenolic OH excluding ortho intramolecular Hbond substituents is 2. The molecule has 20 heavy (non-hydrogen) atoms. The molecule has 4 nitrogen and oxygen atoms in total. The molecule has 0 unspecified atom stereocenters. The van der Waals surface area contributed by atoms with Crippen molar-refractivity contribution in [3.63, 3.8) is 0 Å². The third-order valence-electron chi connectivity index (χ3n) is 3.24. The summed E-state index contributed by atoms with van der Waals surface area (Å²) in [4.78, 5) is 0. The van der Waals surface area contributed by atoms with Crippen LogP contribution in [-0.2, 0) is 0 Å². The van der Waals surface area contributed by atoms with E-state index in [0.29, 0.717) is 11.3 Å². The van der Waals surface area contributed by atoms with Crippen LogP contribution >= 0.6 is 0 Å². The summed E-state index contributed by atoms with van der Waals surface area (Å²) in [5.41, 5.74) is 1.54. The van der Waals surface area contributed by atoms with Crippen LogP contribution < -0.4 is 9.47 Å². The van der Waals surface area contributed by atoms with Crippen LogP contribution in [0.1, 0.15) is 17.2 Å². The van der Waals surface area contributed by atoms with Gasteiger partial charge in [0, 0.05) is 12.1 Å². The number of methoxy groups -OCH3 is 1. The second-order valence-corrected chi connectivity index (χ2v) is 4.55. The Morgan fingerprint density at radius 3 is 2.55 bits per heavy atom. The van der Waals surface area contributed by atoms with Crippen LogP contribution in [0.15, 0.2) is 42.5 Å². The van der Waals surface area contributed by atoms with Gasteiger partial charge in [0.1, 0.15) is 29.1 Å². The minimum atomic E-state index is -0.255. The molecule has 2 aromatic carbocycles. The molecule has 4 heteroatoms. The van der Waals surface area contributed by atoms with Gasteiger partial charge in [-0.15, -0.1) is 0 Å². The number of phenols is 2. The van der Waals surface area contributed by atoms with Gasteiger partial charge >= 0.3 is 0 Å². The van der Waals surface area contributed by atoms with E-state index in [9.17, 15) is 10.2 Å². The lowest BCUT2D eigenvalue weighted by molar-refractivity contribution is 0.249. The molecule has 1 aliphatic heterocycles. The van der Waals surface area contributed by atoms with E-state index >= 15 is 0 Å². The van der Waals surface area contributed by atoms with Crippen LogP contribution in [0.2, 0.25) is 0 Å².